The number of halogens is 1. The van der Waals surface area contributed by atoms with E-state index in [9.17, 15) is 9.50 Å². The molecule has 2 aromatic carbocycles. The second-order valence-corrected chi connectivity index (χ2v) is 7.12. The Hall–Kier alpha value is -2.89. The van der Waals surface area contributed by atoms with E-state index < -0.39 is 6.10 Å². The lowest BCUT2D eigenvalue weighted by atomic mass is 10.2. The number of benzene rings is 2. The van der Waals surface area contributed by atoms with Crippen molar-refractivity contribution in [2.75, 3.05) is 19.7 Å². The van der Waals surface area contributed by atoms with Crippen LogP contribution >= 0.6 is 0 Å². The number of para-hydroxylation sites is 1. The van der Waals surface area contributed by atoms with E-state index in [1.165, 1.54) is 6.07 Å². The van der Waals surface area contributed by atoms with Crippen LogP contribution in [0.2, 0.25) is 0 Å². The maximum absolute atomic E-state index is 14.0. The van der Waals surface area contributed by atoms with Gasteiger partial charge in [-0.15, -0.1) is 0 Å². The summed E-state index contributed by atoms with van der Waals surface area (Å²) in [5, 5.41) is 10.4. The van der Waals surface area contributed by atoms with Gasteiger partial charge < -0.3 is 19.3 Å². The Morgan fingerprint density at radius 3 is 2.59 bits per heavy atom. The molecular formula is C24H28FN2O2+. The molecule has 0 fully saturated rings. The van der Waals surface area contributed by atoms with Gasteiger partial charge in [-0.3, -0.25) is 0 Å². The summed E-state index contributed by atoms with van der Waals surface area (Å²) in [4.78, 5) is 1.16. The topological polar surface area (TPSA) is 38.8 Å². The lowest BCUT2D eigenvalue weighted by molar-refractivity contribution is -0.911. The van der Waals surface area contributed by atoms with E-state index in [-0.39, 0.29) is 12.4 Å². The minimum absolute atomic E-state index is 0.198. The van der Waals surface area contributed by atoms with Crippen LogP contribution in [0.5, 0.6) is 5.75 Å². The molecule has 0 radical (unpaired) electrons. The van der Waals surface area contributed by atoms with Gasteiger partial charge in [0.2, 0.25) is 0 Å². The van der Waals surface area contributed by atoms with Gasteiger partial charge in [0, 0.05) is 11.8 Å². The van der Waals surface area contributed by atoms with Crippen molar-refractivity contribution in [2.24, 2.45) is 0 Å². The molecule has 3 aromatic rings. The summed E-state index contributed by atoms with van der Waals surface area (Å²) in [6, 6.07) is 20.3. The van der Waals surface area contributed by atoms with Gasteiger partial charge in [0.15, 0.2) is 0 Å². The van der Waals surface area contributed by atoms with E-state index >= 15 is 0 Å². The fourth-order valence-electron chi connectivity index (χ4n) is 3.36. The molecule has 152 valence electrons. The number of quaternary nitrogens is 1. The molecule has 0 bridgehead atoms. The van der Waals surface area contributed by atoms with Crippen LogP contribution in [0.15, 0.2) is 85.6 Å². The van der Waals surface area contributed by atoms with E-state index in [0.29, 0.717) is 31.7 Å². The van der Waals surface area contributed by atoms with E-state index in [1.807, 2.05) is 65.4 Å². The highest BCUT2D eigenvalue weighted by atomic mass is 19.1. The third kappa shape index (κ3) is 6.31. The minimum Gasteiger partial charge on any atom is -0.491 e. The Balaban J connectivity index is 1.59. The lowest BCUT2D eigenvalue weighted by Gasteiger charge is -2.22. The summed E-state index contributed by atoms with van der Waals surface area (Å²) in [5.41, 5.74) is 1.74. The Morgan fingerprint density at radius 2 is 1.83 bits per heavy atom. The Labute approximate surface area is 171 Å². The zero-order valence-electron chi connectivity index (χ0n) is 16.5. The van der Waals surface area contributed by atoms with Crippen LogP contribution in [0, 0.1) is 5.82 Å². The molecule has 1 heterocycles. The number of aliphatic hydroxyl groups excluding tert-OH is 1. The van der Waals surface area contributed by atoms with Crippen molar-refractivity contribution < 1.29 is 19.1 Å². The normalized spacial score (nSPS) is 13.0. The van der Waals surface area contributed by atoms with Crippen molar-refractivity contribution in [3.63, 3.8) is 0 Å². The van der Waals surface area contributed by atoms with Crippen LogP contribution in [0.3, 0.4) is 0 Å². The van der Waals surface area contributed by atoms with E-state index in [0.717, 1.165) is 16.3 Å². The maximum atomic E-state index is 14.0. The van der Waals surface area contributed by atoms with E-state index in [1.54, 1.807) is 12.1 Å². The summed E-state index contributed by atoms with van der Waals surface area (Å²) in [5.74, 6) is 0.548. The molecular weight excluding hydrogens is 367 g/mol. The zero-order chi connectivity index (χ0) is 20.5. The molecule has 1 unspecified atom stereocenters. The predicted octanol–water partition coefficient (Wildman–Crippen LogP) is 2.69. The molecule has 1 aromatic heterocycles. The number of nitrogens with zero attached hydrogens (tertiary/aromatic N) is 1. The second-order valence-electron chi connectivity index (χ2n) is 7.12. The van der Waals surface area contributed by atoms with Crippen LogP contribution < -0.4 is 9.64 Å². The lowest BCUT2D eigenvalue weighted by Crippen LogP contribution is -3.11. The number of aromatic nitrogens is 1. The first-order chi connectivity index (χ1) is 14.2. The van der Waals surface area contributed by atoms with Gasteiger partial charge in [-0.25, -0.2) is 4.39 Å². The van der Waals surface area contributed by atoms with Gasteiger partial charge in [0.1, 0.15) is 37.4 Å². The number of rotatable bonds is 11. The molecule has 0 saturated carbocycles. The molecule has 0 aliphatic heterocycles. The highest BCUT2D eigenvalue weighted by Gasteiger charge is 2.17. The average Bonchev–Trinajstić information content (AvgIpc) is 3.16. The molecule has 0 aliphatic rings. The van der Waals surface area contributed by atoms with E-state index in [2.05, 4.69) is 6.58 Å². The largest absolute Gasteiger partial charge is 0.491 e. The molecule has 2 atom stereocenters. The zero-order valence-corrected chi connectivity index (χ0v) is 16.5. The van der Waals surface area contributed by atoms with Gasteiger partial charge in [0.05, 0.1) is 18.8 Å². The monoisotopic (exact) mass is 395 g/mol. The average molecular weight is 395 g/mol. The van der Waals surface area contributed by atoms with E-state index in [4.69, 9.17) is 4.74 Å². The number of hydrogen-bond donors (Lipinski definition) is 2. The molecule has 0 spiro atoms. The number of ether oxygens (including phenoxy) is 1. The Kier molecular flexibility index (Phi) is 7.61. The fraction of sp³-hybridized carbons (Fsp3) is 0.250. The van der Waals surface area contributed by atoms with Gasteiger partial charge in [-0.2, -0.15) is 0 Å². The molecule has 0 amide bonds. The SMILES string of the molecule is C=CC[NH+](Cc1cccn1Cc1ccccc1F)C[C@@H](O)COc1ccccc1. The molecule has 0 saturated heterocycles. The fourth-order valence-corrected chi connectivity index (χ4v) is 3.36. The predicted molar refractivity (Wildman–Crippen MR) is 112 cm³/mol. The first-order valence-electron chi connectivity index (χ1n) is 9.83. The molecule has 2 N–H and O–H groups in total. The van der Waals surface area contributed by atoms with Gasteiger partial charge >= 0.3 is 0 Å². The summed E-state index contributed by atoms with van der Waals surface area (Å²) < 4.78 is 21.7. The standard InChI is InChI=1S/C24H27FN2O2/c1-2-14-26(18-22(28)19-29-23-11-4-3-5-12-23)17-21-10-8-15-27(21)16-20-9-6-7-13-24(20)25/h2-13,15,22,28H,1,14,16-19H2/p+1/t22-/m1/s1. The van der Waals surface area contributed by atoms with Crippen molar-refractivity contribution >= 4 is 0 Å². The number of hydrogen-bond acceptors (Lipinski definition) is 2. The molecule has 3 rings (SSSR count). The van der Waals surface area contributed by atoms with Crippen molar-refractivity contribution in [3.8, 4) is 5.75 Å². The first kappa shape index (κ1) is 20.8. The highest BCUT2D eigenvalue weighted by molar-refractivity contribution is 5.21. The Bertz CT molecular complexity index is 895. The van der Waals surface area contributed by atoms with Crippen molar-refractivity contribution in [3.05, 3.63) is 103 Å². The van der Waals surface area contributed by atoms with Crippen LogP contribution in [-0.2, 0) is 13.1 Å². The number of aliphatic hydroxyl groups is 1. The second kappa shape index (κ2) is 10.6. The molecule has 29 heavy (non-hydrogen) atoms. The number of nitrogens with one attached hydrogen (secondary N) is 1. The van der Waals surface area contributed by atoms with Crippen LogP contribution in [0.25, 0.3) is 0 Å². The van der Waals surface area contributed by atoms with Gasteiger partial charge in [0.25, 0.3) is 0 Å². The summed E-state index contributed by atoms with van der Waals surface area (Å²) in [7, 11) is 0. The van der Waals surface area contributed by atoms with Crippen molar-refractivity contribution in [1.82, 2.24) is 4.57 Å². The molecule has 0 aliphatic carbocycles. The van der Waals surface area contributed by atoms with Gasteiger partial charge in [-0.05, 0) is 36.4 Å². The third-order valence-corrected chi connectivity index (χ3v) is 4.80. The Morgan fingerprint density at radius 1 is 1.07 bits per heavy atom. The van der Waals surface area contributed by atoms with Crippen LogP contribution in [0.1, 0.15) is 11.3 Å². The van der Waals surface area contributed by atoms with Crippen molar-refractivity contribution in [1.29, 1.82) is 0 Å². The highest BCUT2D eigenvalue weighted by Crippen LogP contribution is 2.11. The summed E-state index contributed by atoms with van der Waals surface area (Å²) in [6.07, 6.45) is 3.21. The first-order valence-corrected chi connectivity index (χ1v) is 9.83. The van der Waals surface area contributed by atoms with Gasteiger partial charge in [-0.1, -0.05) is 43.0 Å². The van der Waals surface area contributed by atoms with Crippen LogP contribution in [0.4, 0.5) is 4.39 Å². The maximum Gasteiger partial charge on any atom is 0.137 e. The minimum atomic E-state index is -0.597. The van der Waals surface area contributed by atoms with Crippen molar-refractivity contribution in [2.45, 2.75) is 19.2 Å². The van der Waals surface area contributed by atoms with Crippen LogP contribution in [-0.4, -0.2) is 35.5 Å². The summed E-state index contributed by atoms with van der Waals surface area (Å²) >= 11 is 0. The summed E-state index contributed by atoms with van der Waals surface area (Å²) in [6.45, 7) is 6.51. The molecule has 5 heteroatoms. The smallest absolute Gasteiger partial charge is 0.137 e. The molecule has 4 nitrogen and oxygen atoms in total. The third-order valence-electron chi connectivity index (χ3n) is 4.80. The quantitative estimate of drug-likeness (QED) is 0.490.